The van der Waals surface area contributed by atoms with Gasteiger partial charge in [0.2, 0.25) is 0 Å². The summed E-state index contributed by atoms with van der Waals surface area (Å²) in [6.45, 7) is -0.438. The number of nitrogens with one attached hydrogen (secondary N) is 1. The standard InChI is InChI=1S/C17H17FN2O4/c18-11-1-5-13(6-2-11)24-9-10-7-19-15(16(22)14(10)8-21)17(23)20-12-3-4-12/h1-2,5-7,12,21-22H,3-4,8-9H2,(H,20,23). The van der Waals surface area contributed by atoms with Gasteiger partial charge in [-0.3, -0.25) is 4.79 Å². The van der Waals surface area contributed by atoms with Crippen LogP contribution in [0.15, 0.2) is 30.5 Å². The summed E-state index contributed by atoms with van der Waals surface area (Å²) >= 11 is 0. The van der Waals surface area contributed by atoms with Gasteiger partial charge in [0.15, 0.2) is 11.4 Å². The molecule has 1 fully saturated rings. The van der Waals surface area contributed by atoms with Crippen molar-refractivity contribution in [1.82, 2.24) is 10.3 Å². The minimum atomic E-state index is -0.462. The Morgan fingerprint density at radius 3 is 2.67 bits per heavy atom. The first kappa shape index (κ1) is 16.2. The fraction of sp³-hybridized carbons (Fsp3) is 0.294. The number of aromatic nitrogens is 1. The maximum Gasteiger partial charge on any atom is 0.273 e. The molecule has 3 rings (SSSR count). The van der Waals surface area contributed by atoms with Gasteiger partial charge in [0.05, 0.1) is 6.61 Å². The number of halogens is 1. The Hall–Kier alpha value is -2.67. The topological polar surface area (TPSA) is 91.7 Å². The van der Waals surface area contributed by atoms with Crippen molar-refractivity contribution in [2.75, 3.05) is 0 Å². The van der Waals surface area contributed by atoms with E-state index in [4.69, 9.17) is 4.74 Å². The van der Waals surface area contributed by atoms with Crippen molar-refractivity contribution >= 4 is 5.91 Å². The van der Waals surface area contributed by atoms with E-state index >= 15 is 0 Å². The summed E-state index contributed by atoms with van der Waals surface area (Å²) < 4.78 is 18.4. The zero-order valence-electron chi connectivity index (χ0n) is 12.8. The lowest BCUT2D eigenvalue weighted by Crippen LogP contribution is -2.26. The zero-order chi connectivity index (χ0) is 17.1. The van der Waals surface area contributed by atoms with E-state index in [0.717, 1.165) is 12.8 Å². The SMILES string of the molecule is O=C(NC1CC1)c1ncc(COc2ccc(F)cc2)c(CO)c1O. The van der Waals surface area contributed by atoms with Gasteiger partial charge in [-0.05, 0) is 37.1 Å². The fourth-order valence-corrected chi connectivity index (χ4v) is 2.22. The van der Waals surface area contributed by atoms with Crippen LogP contribution in [-0.4, -0.2) is 27.1 Å². The number of hydrogen-bond donors (Lipinski definition) is 3. The summed E-state index contributed by atoms with van der Waals surface area (Å²) in [5, 5.41) is 22.5. The van der Waals surface area contributed by atoms with Crippen molar-refractivity contribution < 1.29 is 24.1 Å². The van der Waals surface area contributed by atoms with E-state index in [1.807, 2.05) is 0 Å². The number of amides is 1. The van der Waals surface area contributed by atoms with Crippen LogP contribution in [0.5, 0.6) is 11.5 Å². The molecule has 2 aromatic rings. The van der Waals surface area contributed by atoms with Gasteiger partial charge < -0.3 is 20.3 Å². The average Bonchev–Trinajstić information content (AvgIpc) is 3.38. The summed E-state index contributed by atoms with van der Waals surface area (Å²) in [5.41, 5.74) is 0.520. The van der Waals surface area contributed by atoms with Crippen LogP contribution < -0.4 is 10.1 Å². The Bertz CT molecular complexity index is 745. The molecule has 1 aromatic carbocycles. The smallest absolute Gasteiger partial charge is 0.273 e. The van der Waals surface area contributed by atoms with Crippen LogP contribution in [0.25, 0.3) is 0 Å². The lowest BCUT2D eigenvalue weighted by Gasteiger charge is -2.13. The highest BCUT2D eigenvalue weighted by atomic mass is 19.1. The van der Waals surface area contributed by atoms with Crippen LogP contribution in [-0.2, 0) is 13.2 Å². The van der Waals surface area contributed by atoms with Gasteiger partial charge >= 0.3 is 0 Å². The van der Waals surface area contributed by atoms with Crippen molar-refractivity contribution in [3.8, 4) is 11.5 Å². The second kappa shape index (κ2) is 6.84. The summed E-state index contributed by atoms with van der Waals surface area (Å²) in [4.78, 5) is 16.0. The second-order valence-corrected chi connectivity index (χ2v) is 5.61. The number of benzene rings is 1. The maximum atomic E-state index is 12.9. The molecule has 1 amide bonds. The molecule has 0 radical (unpaired) electrons. The summed E-state index contributed by atoms with van der Waals surface area (Å²) in [5.74, 6) is -0.745. The van der Waals surface area contributed by atoms with Crippen molar-refractivity contribution in [2.45, 2.75) is 32.1 Å². The number of carbonyl (C=O) groups excluding carboxylic acids is 1. The van der Waals surface area contributed by atoms with E-state index in [1.54, 1.807) is 0 Å². The first-order chi connectivity index (χ1) is 11.6. The van der Waals surface area contributed by atoms with Crippen molar-refractivity contribution in [3.63, 3.8) is 0 Å². The van der Waals surface area contributed by atoms with E-state index in [1.165, 1.54) is 30.5 Å². The van der Waals surface area contributed by atoms with Crippen molar-refractivity contribution in [1.29, 1.82) is 0 Å². The highest BCUT2D eigenvalue weighted by Crippen LogP contribution is 2.27. The minimum Gasteiger partial charge on any atom is -0.505 e. The lowest BCUT2D eigenvalue weighted by molar-refractivity contribution is 0.0942. The van der Waals surface area contributed by atoms with Gasteiger partial charge in [-0.15, -0.1) is 0 Å². The Kier molecular flexibility index (Phi) is 4.61. The number of ether oxygens (including phenoxy) is 1. The lowest BCUT2D eigenvalue weighted by atomic mass is 10.1. The number of aromatic hydroxyl groups is 1. The molecular formula is C17H17FN2O4. The van der Waals surface area contributed by atoms with Crippen molar-refractivity contribution in [2.24, 2.45) is 0 Å². The molecule has 0 unspecified atom stereocenters. The highest BCUT2D eigenvalue weighted by Gasteiger charge is 2.27. The summed E-state index contributed by atoms with van der Waals surface area (Å²) in [7, 11) is 0. The zero-order valence-corrected chi connectivity index (χ0v) is 12.8. The van der Waals surface area contributed by atoms with Crippen LogP contribution in [0, 0.1) is 5.82 Å². The third kappa shape index (κ3) is 3.62. The van der Waals surface area contributed by atoms with Crippen LogP contribution in [0.4, 0.5) is 4.39 Å². The third-order valence-electron chi connectivity index (χ3n) is 3.74. The number of carbonyl (C=O) groups is 1. The molecule has 3 N–H and O–H groups in total. The first-order valence-corrected chi connectivity index (χ1v) is 7.58. The van der Waals surface area contributed by atoms with E-state index in [0.29, 0.717) is 11.3 Å². The fourth-order valence-electron chi connectivity index (χ4n) is 2.22. The van der Waals surface area contributed by atoms with Gasteiger partial charge in [-0.1, -0.05) is 0 Å². The average molecular weight is 332 g/mol. The number of pyridine rings is 1. The Balaban J connectivity index is 1.76. The van der Waals surface area contributed by atoms with Crippen LogP contribution in [0.1, 0.15) is 34.5 Å². The van der Waals surface area contributed by atoms with Gasteiger partial charge in [0, 0.05) is 23.4 Å². The number of hydrogen-bond acceptors (Lipinski definition) is 5. The van der Waals surface area contributed by atoms with Crippen LogP contribution in [0.3, 0.4) is 0 Å². The van der Waals surface area contributed by atoms with Gasteiger partial charge in [0.1, 0.15) is 18.2 Å². The molecular weight excluding hydrogens is 315 g/mol. The molecule has 1 heterocycles. The second-order valence-electron chi connectivity index (χ2n) is 5.61. The number of rotatable bonds is 6. The Labute approximate surface area is 137 Å². The molecule has 7 heteroatoms. The minimum absolute atomic E-state index is 0.0204. The molecule has 0 atom stereocenters. The van der Waals surface area contributed by atoms with Crippen LogP contribution >= 0.6 is 0 Å². The number of aliphatic hydroxyl groups excluding tert-OH is 1. The molecule has 1 aromatic heterocycles. The molecule has 1 aliphatic rings. The monoisotopic (exact) mass is 332 g/mol. The predicted molar refractivity (Wildman–Crippen MR) is 83.0 cm³/mol. The van der Waals surface area contributed by atoms with Crippen LogP contribution in [0.2, 0.25) is 0 Å². The molecule has 0 aliphatic heterocycles. The maximum absolute atomic E-state index is 12.9. The number of nitrogens with zero attached hydrogens (tertiary/aromatic N) is 1. The van der Waals surface area contributed by atoms with E-state index in [-0.39, 0.29) is 35.5 Å². The quantitative estimate of drug-likeness (QED) is 0.751. The van der Waals surface area contributed by atoms with Gasteiger partial charge in [-0.2, -0.15) is 0 Å². The molecule has 0 bridgehead atoms. The molecule has 1 saturated carbocycles. The van der Waals surface area contributed by atoms with Crippen molar-refractivity contribution in [3.05, 3.63) is 53.1 Å². The summed E-state index contributed by atoms with van der Waals surface area (Å²) in [6.07, 6.45) is 3.22. The molecule has 0 spiro atoms. The predicted octanol–water partition coefficient (Wildman–Crippen LogP) is 1.89. The first-order valence-electron chi connectivity index (χ1n) is 7.58. The van der Waals surface area contributed by atoms with E-state index < -0.39 is 12.5 Å². The van der Waals surface area contributed by atoms with Gasteiger partial charge in [0.25, 0.3) is 5.91 Å². The Morgan fingerprint density at radius 2 is 2.04 bits per heavy atom. The molecule has 6 nitrogen and oxygen atoms in total. The molecule has 126 valence electrons. The third-order valence-corrected chi connectivity index (χ3v) is 3.74. The molecule has 0 saturated heterocycles. The molecule has 1 aliphatic carbocycles. The van der Waals surface area contributed by atoms with E-state index in [9.17, 15) is 19.4 Å². The van der Waals surface area contributed by atoms with E-state index in [2.05, 4.69) is 10.3 Å². The normalized spacial score (nSPS) is 13.6. The largest absolute Gasteiger partial charge is 0.505 e. The van der Waals surface area contributed by atoms with Gasteiger partial charge in [-0.25, -0.2) is 9.37 Å². The summed E-state index contributed by atoms with van der Waals surface area (Å²) in [6, 6.07) is 5.61. The molecule has 24 heavy (non-hydrogen) atoms. The highest BCUT2D eigenvalue weighted by molar-refractivity contribution is 5.95. The Morgan fingerprint density at radius 1 is 1.33 bits per heavy atom. The number of aliphatic hydroxyl groups is 1.